The Balaban J connectivity index is 2.46. The van der Waals surface area contributed by atoms with Gasteiger partial charge in [0.05, 0.1) is 0 Å². The van der Waals surface area contributed by atoms with Crippen LogP contribution in [0.2, 0.25) is 0 Å². The van der Waals surface area contributed by atoms with Gasteiger partial charge in [0.15, 0.2) is 0 Å². The molecule has 0 radical (unpaired) electrons. The number of likely N-dealkylation sites (tertiary alicyclic amines) is 1. The number of rotatable bonds is 2. The van der Waals surface area contributed by atoms with E-state index in [0.29, 0.717) is 6.04 Å². The number of amides is 1. The molecule has 0 aromatic rings. The van der Waals surface area contributed by atoms with Gasteiger partial charge in [-0.25, -0.2) is 0 Å². The largest absolute Gasteiger partial charge is 0.342 e. The van der Waals surface area contributed by atoms with E-state index in [-0.39, 0.29) is 5.91 Å². The Kier molecular flexibility index (Phi) is 3.72. The average Bonchev–Trinajstić information content (AvgIpc) is 2.16. The van der Waals surface area contributed by atoms with Crippen molar-refractivity contribution < 1.29 is 4.79 Å². The maximum Gasteiger partial charge on any atom is 0.219 e. The highest BCUT2D eigenvalue weighted by atomic mass is 16.2. The first-order valence-corrected chi connectivity index (χ1v) is 5.11. The first kappa shape index (κ1) is 10.5. The highest BCUT2D eigenvalue weighted by Gasteiger charge is 2.23. The zero-order valence-corrected chi connectivity index (χ0v) is 8.92. The van der Waals surface area contributed by atoms with Crippen molar-refractivity contribution in [3.05, 3.63) is 0 Å². The quantitative estimate of drug-likeness (QED) is 0.638. The Labute approximate surface area is 80.7 Å². The fourth-order valence-corrected chi connectivity index (χ4v) is 1.89. The predicted molar refractivity (Wildman–Crippen MR) is 53.6 cm³/mol. The van der Waals surface area contributed by atoms with Gasteiger partial charge in [0.1, 0.15) is 0 Å². The number of hydrogen-bond acceptors (Lipinski definition) is 2. The summed E-state index contributed by atoms with van der Waals surface area (Å²) in [6.45, 7) is 7.16. The molecule has 1 atom stereocenters. The standard InChI is InChI=1S/C10H20N2O/c1-4-12-7-5-6-10(8-12)11(3)9(2)13/h10H,4-8H2,1-3H3. The summed E-state index contributed by atoms with van der Waals surface area (Å²) in [6.07, 6.45) is 2.38. The fraction of sp³-hybridized carbons (Fsp3) is 0.900. The molecule has 0 N–H and O–H groups in total. The van der Waals surface area contributed by atoms with Crippen molar-refractivity contribution in [2.75, 3.05) is 26.7 Å². The molecule has 1 aliphatic heterocycles. The van der Waals surface area contributed by atoms with Crippen LogP contribution in [-0.4, -0.2) is 48.4 Å². The van der Waals surface area contributed by atoms with Crippen molar-refractivity contribution in [3.63, 3.8) is 0 Å². The molecular weight excluding hydrogens is 164 g/mol. The van der Waals surface area contributed by atoms with Gasteiger partial charge < -0.3 is 9.80 Å². The van der Waals surface area contributed by atoms with Crippen molar-refractivity contribution in [1.82, 2.24) is 9.80 Å². The molecule has 76 valence electrons. The Bertz CT molecular complexity index is 182. The molecular formula is C10H20N2O. The van der Waals surface area contributed by atoms with Gasteiger partial charge in [0.25, 0.3) is 0 Å². The van der Waals surface area contributed by atoms with Crippen molar-refractivity contribution in [1.29, 1.82) is 0 Å². The lowest BCUT2D eigenvalue weighted by Crippen LogP contribution is -2.47. The lowest BCUT2D eigenvalue weighted by atomic mass is 10.0. The monoisotopic (exact) mass is 184 g/mol. The molecule has 0 aliphatic carbocycles. The first-order chi connectivity index (χ1) is 6.15. The third-order valence-electron chi connectivity index (χ3n) is 2.97. The molecule has 1 saturated heterocycles. The fourth-order valence-electron chi connectivity index (χ4n) is 1.89. The second-order valence-corrected chi connectivity index (χ2v) is 3.82. The number of piperidine rings is 1. The molecule has 3 heteroatoms. The summed E-state index contributed by atoms with van der Waals surface area (Å²) < 4.78 is 0. The summed E-state index contributed by atoms with van der Waals surface area (Å²) in [6, 6.07) is 0.436. The van der Waals surface area contributed by atoms with Gasteiger partial charge in [-0.2, -0.15) is 0 Å². The van der Waals surface area contributed by atoms with E-state index in [4.69, 9.17) is 0 Å². The molecule has 1 fully saturated rings. The normalized spacial score (nSPS) is 24.4. The van der Waals surface area contributed by atoms with Gasteiger partial charge in [-0.15, -0.1) is 0 Å². The van der Waals surface area contributed by atoms with Crippen molar-refractivity contribution in [2.45, 2.75) is 32.7 Å². The zero-order chi connectivity index (χ0) is 9.84. The lowest BCUT2D eigenvalue weighted by Gasteiger charge is -2.36. The number of hydrogen-bond donors (Lipinski definition) is 0. The Morgan fingerprint density at radius 1 is 1.62 bits per heavy atom. The Morgan fingerprint density at radius 3 is 2.85 bits per heavy atom. The maximum absolute atomic E-state index is 11.1. The second-order valence-electron chi connectivity index (χ2n) is 3.82. The van der Waals surface area contributed by atoms with Crippen LogP contribution in [0.5, 0.6) is 0 Å². The van der Waals surface area contributed by atoms with Crippen LogP contribution in [-0.2, 0) is 4.79 Å². The van der Waals surface area contributed by atoms with E-state index in [1.54, 1.807) is 6.92 Å². The highest BCUT2D eigenvalue weighted by molar-refractivity contribution is 5.73. The number of carbonyl (C=O) groups excluding carboxylic acids is 1. The van der Waals surface area contributed by atoms with Crippen molar-refractivity contribution in [2.24, 2.45) is 0 Å². The van der Waals surface area contributed by atoms with Crippen LogP contribution in [0.1, 0.15) is 26.7 Å². The molecule has 13 heavy (non-hydrogen) atoms. The van der Waals surface area contributed by atoms with Crippen LogP contribution in [0.4, 0.5) is 0 Å². The number of likely N-dealkylation sites (N-methyl/N-ethyl adjacent to an activating group) is 2. The van der Waals surface area contributed by atoms with Gasteiger partial charge in [0, 0.05) is 26.6 Å². The van der Waals surface area contributed by atoms with E-state index in [0.717, 1.165) is 19.5 Å². The van der Waals surface area contributed by atoms with Gasteiger partial charge in [-0.05, 0) is 25.9 Å². The van der Waals surface area contributed by atoms with Crippen LogP contribution in [0, 0.1) is 0 Å². The van der Waals surface area contributed by atoms with Crippen LogP contribution >= 0.6 is 0 Å². The smallest absolute Gasteiger partial charge is 0.219 e. The van der Waals surface area contributed by atoms with Gasteiger partial charge >= 0.3 is 0 Å². The van der Waals surface area contributed by atoms with Gasteiger partial charge in [0.2, 0.25) is 5.91 Å². The summed E-state index contributed by atoms with van der Waals surface area (Å²) in [5.74, 6) is 0.183. The van der Waals surface area contributed by atoms with E-state index < -0.39 is 0 Å². The molecule has 0 saturated carbocycles. The van der Waals surface area contributed by atoms with E-state index in [1.165, 1.54) is 13.0 Å². The Morgan fingerprint density at radius 2 is 2.31 bits per heavy atom. The summed E-state index contributed by atoms with van der Waals surface area (Å²) in [5.41, 5.74) is 0. The van der Waals surface area contributed by atoms with Crippen LogP contribution in [0.25, 0.3) is 0 Å². The van der Waals surface area contributed by atoms with E-state index in [1.807, 2.05) is 11.9 Å². The average molecular weight is 184 g/mol. The molecule has 1 heterocycles. The summed E-state index contributed by atoms with van der Waals surface area (Å²) in [4.78, 5) is 15.4. The van der Waals surface area contributed by atoms with Gasteiger partial charge in [-0.3, -0.25) is 4.79 Å². The van der Waals surface area contributed by atoms with Crippen LogP contribution < -0.4 is 0 Å². The Hall–Kier alpha value is -0.570. The zero-order valence-electron chi connectivity index (χ0n) is 8.92. The molecule has 1 amide bonds. The molecule has 0 bridgehead atoms. The molecule has 0 spiro atoms. The number of nitrogens with zero attached hydrogens (tertiary/aromatic N) is 2. The number of carbonyl (C=O) groups is 1. The van der Waals surface area contributed by atoms with Crippen molar-refractivity contribution >= 4 is 5.91 Å². The first-order valence-electron chi connectivity index (χ1n) is 5.11. The lowest BCUT2D eigenvalue weighted by molar-refractivity contribution is -0.130. The molecule has 1 aliphatic rings. The van der Waals surface area contributed by atoms with Crippen LogP contribution in [0.15, 0.2) is 0 Å². The SMILES string of the molecule is CCN1CCCC(N(C)C(C)=O)C1. The van der Waals surface area contributed by atoms with E-state index in [2.05, 4.69) is 11.8 Å². The minimum Gasteiger partial charge on any atom is -0.342 e. The second kappa shape index (κ2) is 4.61. The summed E-state index contributed by atoms with van der Waals surface area (Å²) in [7, 11) is 1.91. The molecule has 0 aromatic heterocycles. The maximum atomic E-state index is 11.1. The topological polar surface area (TPSA) is 23.6 Å². The third-order valence-corrected chi connectivity index (χ3v) is 2.97. The summed E-state index contributed by atoms with van der Waals surface area (Å²) in [5, 5.41) is 0. The van der Waals surface area contributed by atoms with Gasteiger partial charge in [-0.1, -0.05) is 6.92 Å². The molecule has 0 aromatic carbocycles. The van der Waals surface area contributed by atoms with E-state index in [9.17, 15) is 4.79 Å². The third kappa shape index (κ3) is 2.69. The highest BCUT2D eigenvalue weighted by Crippen LogP contribution is 2.14. The van der Waals surface area contributed by atoms with Crippen molar-refractivity contribution in [3.8, 4) is 0 Å². The molecule has 1 rings (SSSR count). The van der Waals surface area contributed by atoms with E-state index >= 15 is 0 Å². The van der Waals surface area contributed by atoms with Crippen LogP contribution in [0.3, 0.4) is 0 Å². The molecule has 1 unspecified atom stereocenters. The molecule has 3 nitrogen and oxygen atoms in total. The predicted octanol–water partition coefficient (Wildman–Crippen LogP) is 0.949. The minimum absolute atomic E-state index is 0.183. The minimum atomic E-state index is 0.183. The summed E-state index contributed by atoms with van der Waals surface area (Å²) >= 11 is 0.